The van der Waals surface area contributed by atoms with Crippen LogP contribution in [0.25, 0.3) is 0 Å². The summed E-state index contributed by atoms with van der Waals surface area (Å²) >= 11 is 11.6. The normalized spacial score (nSPS) is 12.5. The Bertz CT molecular complexity index is 944. The van der Waals surface area contributed by atoms with E-state index in [4.69, 9.17) is 28.3 Å². The van der Waals surface area contributed by atoms with Gasteiger partial charge in [-0.3, -0.25) is 14.9 Å². The molecule has 138 valence electrons. The van der Waals surface area contributed by atoms with Crippen LogP contribution in [0, 0.1) is 10.1 Å². The number of hydrogen-bond donors (Lipinski definition) is 2. The van der Waals surface area contributed by atoms with Crippen molar-refractivity contribution in [2.24, 2.45) is 0 Å². The first-order valence-corrected chi connectivity index (χ1v) is 9.27. The highest BCUT2D eigenvalue weighted by molar-refractivity contribution is 7.89. The van der Waals surface area contributed by atoms with Crippen LogP contribution in [0.1, 0.15) is 18.0 Å². The van der Waals surface area contributed by atoms with Crippen molar-refractivity contribution in [3.8, 4) is 0 Å². The van der Waals surface area contributed by atoms with Crippen molar-refractivity contribution in [1.29, 1.82) is 0 Å². The van der Waals surface area contributed by atoms with Gasteiger partial charge in [0.05, 0.1) is 22.3 Å². The summed E-state index contributed by atoms with van der Waals surface area (Å²) in [5, 5.41) is 20.4. The number of halogens is 2. The topological polar surface area (TPSA) is 127 Å². The van der Waals surface area contributed by atoms with Crippen LogP contribution in [-0.4, -0.2) is 24.4 Å². The minimum absolute atomic E-state index is 0.0679. The lowest BCUT2D eigenvalue weighted by Crippen LogP contribution is -2.30. The number of nitro groups is 1. The average Bonchev–Trinajstić information content (AvgIpc) is 2.52. The van der Waals surface area contributed by atoms with Crippen molar-refractivity contribution in [3.63, 3.8) is 0 Å². The number of nitro benzene ring substituents is 1. The molecule has 2 rings (SSSR count). The van der Waals surface area contributed by atoms with E-state index in [0.29, 0.717) is 0 Å². The minimum atomic E-state index is -4.25. The quantitative estimate of drug-likeness (QED) is 0.523. The molecule has 0 amide bonds. The second-order valence-corrected chi connectivity index (χ2v) is 7.78. The number of benzene rings is 2. The number of carboxylic acids is 1. The van der Waals surface area contributed by atoms with Gasteiger partial charge in [-0.05, 0) is 18.2 Å². The molecule has 0 bridgehead atoms. The van der Waals surface area contributed by atoms with Gasteiger partial charge in [-0.2, -0.15) is 0 Å². The third kappa shape index (κ3) is 4.92. The highest BCUT2D eigenvalue weighted by Gasteiger charge is 2.29. The van der Waals surface area contributed by atoms with Crippen molar-refractivity contribution in [3.05, 3.63) is 68.2 Å². The summed E-state index contributed by atoms with van der Waals surface area (Å²) in [6.45, 7) is 0. The second kappa shape index (κ2) is 8.00. The van der Waals surface area contributed by atoms with Crippen molar-refractivity contribution < 1.29 is 23.2 Å². The third-order valence-corrected chi connectivity index (χ3v) is 5.22. The number of para-hydroxylation sites is 1. The molecule has 8 nitrogen and oxygen atoms in total. The number of aliphatic carboxylic acids is 1. The molecule has 11 heteroatoms. The van der Waals surface area contributed by atoms with E-state index < -0.39 is 39.1 Å². The van der Waals surface area contributed by atoms with Crippen molar-refractivity contribution in [2.75, 3.05) is 0 Å². The van der Waals surface area contributed by atoms with Gasteiger partial charge in [0.25, 0.3) is 5.69 Å². The van der Waals surface area contributed by atoms with Crippen molar-refractivity contribution >= 4 is 44.9 Å². The van der Waals surface area contributed by atoms with Crippen molar-refractivity contribution in [2.45, 2.75) is 17.4 Å². The zero-order valence-electron chi connectivity index (χ0n) is 12.9. The molecule has 0 saturated carbocycles. The maximum absolute atomic E-state index is 12.6. The predicted octanol–water partition coefficient (Wildman–Crippen LogP) is 3.40. The third-order valence-electron chi connectivity index (χ3n) is 3.33. The van der Waals surface area contributed by atoms with E-state index in [9.17, 15) is 23.3 Å². The molecule has 26 heavy (non-hydrogen) atoms. The zero-order valence-corrected chi connectivity index (χ0v) is 15.3. The number of sulfonamides is 1. The zero-order chi connectivity index (χ0) is 19.5. The number of rotatable bonds is 7. The Morgan fingerprint density at radius 3 is 2.31 bits per heavy atom. The Labute approximate surface area is 158 Å². The van der Waals surface area contributed by atoms with Gasteiger partial charge in [-0.25, -0.2) is 13.1 Å². The molecule has 2 N–H and O–H groups in total. The number of hydrogen-bond acceptors (Lipinski definition) is 5. The highest BCUT2D eigenvalue weighted by Crippen LogP contribution is 2.29. The Morgan fingerprint density at radius 2 is 1.77 bits per heavy atom. The first kappa shape index (κ1) is 20.1. The monoisotopic (exact) mass is 418 g/mol. The molecule has 0 aliphatic rings. The van der Waals surface area contributed by atoms with E-state index in [1.165, 1.54) is 24.3 Å². The van der Waals surface area contributed by atoms with Gasteiger partial charge in [-0.15, -0.1) is 0 Å². The molecule has 0 heterocycles. The second-order valence-electron chi connectivity index (χ2n) is 5.19. The SMILES string of the molecule is O=C(O)CC(NS(=O)(=O)c1cc(Cl)cc(Cl)c1)c1ccccc1[N+](=O)[O-]. The van der Waals surface area contributed by atoms with Gasteiger partial charge in [0.1, 0.15) is 0 Å². The van der Waals surface area contributed by atoms with Crippen LogP contribution in [0.3, 0.4) is 0 Å². The van der Waals surface area contributed by atoms with Crippen LogP contribution in [0.4, 0.5) is 5.69 Å². The van der Waals surface area contributed by atoms with Crippen LogP contribution in [0.15, 0.2) is 47.4 Å². The first-order chi connectivity index (χ1) is 12.1. The van der Waals surface area contributed by atoms with Crippen LogP contribution >= 0.6 is 23.2 Å². The Kier molecular flexibility index (Phi) is 6.19. The van der Waals surface area contributed by atoms with E-state index in [0.717, 1.165) is 18.2 Å². The molecule has 0 spiro atoms. The van der Waals surface area contributed by atoms with E-state index >= 15 is 0 Å². The molecule has 1 atom stereocenters. The molecule has 0 radical (unpaired) electrons. The number of carbonyl (C=O) groups is 1. The van der Waals surface area contributed by atoms with E-state index in [1.54, 1.807) is 0 Å². The molecule has 0 aromatic heterocycles. The summed E-state index contributed by atoms with van der Waals surface area (Å²) in [4.78, 5) is 21.3. The summed E-state index contributed by atoms with van der Waals surface area (Å²) in [5.74, 6) is -1.33. The first-order valence-electron chi connectivity index (χ1n) is 7.03. The molecular weight excluding hydrogens is 407 g/mol. The standard InChI is InChI=1S/C15H12Cl2N2O6S/c16-9-5-10(17)7-11(6-9)26(24,25)18-13(8-15(20)21)12-3-1-2-4-14(12)19(22)23/h1-7,13,18H,8H2,(H,20,21). The van der Waals surface area contributed by atoms with Gasteiger partial charge in [0.15, 0.2) is 0 Å². The molecule has 2 aromatic rings. The van der Waals surface area contributed by atoms with Crippen LogP contribution in [-0.2, 0) is 14.8 Å². The fraction of sp³-hybridized carbons (Fsp3) is 0.133. The van der Waals surface area contributed by atoms with Crippen LogP contribution in [0.2, 0.25) is 10.0 Å². The van der Waals surface area contributed by atoms with Gasteiger partial charge in [0, 0.05) is 21.7 Å². The lowest BCUT2D eigenvalue weighted by Gasteiger charge is -2.18. The minimum Gasteiger partial charge on any atom is -0.481 e. The average molecular weight is 419 g/mol. The maximum atomic E-state index is 12.6. The fourth-order valence-electron chi connectivity index (χ4n) is 2.28. The van der Waals surface area contributed by atoms with Gasteiger partial charge in [0.2, 0.25) is 10.0 Å². The summed E-state index contributed by atoms with van der Waals surface area (Å²) in [5.41, 5.74) is -0.470. The Hall–Kier alpha value is -2.20. The largest absolute Gasteiger partial charge is 0.481 e. The maximum Gasteiger partial charge on any atom is 0.305 e. The molecular formula is C15H12Cl2N2O6S. The summed E-state index contributed by atoms with van der Waals surface area (Å²) in [7, 11) is -4.25. The van der Waals surface area contributed by atoms with E-state index in [1.807, 2.05) is 0 Å². The summed E-state index contributed by atoms with van der Waals surface area (Å²) in [6.07, 6.45) is -0.696. The Balaban J connectivity index is 2.49. The number of nitrogens with zero attached hydrogens (tertiary/aromatic N) is 1. The molecule has 0 aliphatic heterocycles. The smallest absolute Gasteiger partial charge is 0.305 e. The van der Waals surface area contributed by atoms with Gasteiger partial charge < -0.3 is 5.11 Å². The fourth-order valence-corrected chi connectivity index (χ4v) is 4.22. The summed E-state index contributed by atoms with van der Waals surface area (Å²) < 4.78 is 27.4. The summed E-state index contributed by atoms with van der Waals surface area (Å²) in [6, 6.07) is 7.52. The molecule has 0 saturated heterocycles. The highest BCUT2D eigenvalue weighted by atomic mass is 35.5. The lowest BCUT2D eigenvalue weighted by molar-refractivity contribution is -0.385. The van der Waals surface area contributed by atoms with E-state index in [-0.39, 0.29) is 20.5 Å². The van der Waals surface area contributed by atoms with Gasteiger partial charge >= 0.3 is 5.97 Å². The van der Waals surface area contributed by atoms with Crippen LogP contribution in [0.5, 0.6) is 0 Å². The lowest BCUT2D eigenvalue weighted by atomic mass is 10.0. The van der Waals surface area contributed by atoms with Crippen molar-refractivity contribution in [1.82, 2.24) is 4.72 Å². The molecule has 0 aliphatic carbocycles. The van der Waals surface area contributed by atoms with E-state index in [2.05, 4.69) is 4.72 Å². The van der Waals surface area contributed by atoms with Crippen LogP contribution < -0.4 is 4.72 Å². The number of nitrogens with one attached hydrogen (secondary N) is 1. The predicted molar refractivity (Wildman–Crippen MR) is 94.9 cm³/mol. The molecule has 0 fully saturated rings. The number of carboxylic acid groups (broad SMARTS) is 1. The van der Waals surface area contributed by atoms with Gasteiger partial charge in [-0.1, -0.05) is 41.4 Å². The molecule has 2 aromatic carbocycles. The molecule has 1 unspecified atom stereocenters. The Morgan fingerprint density at radius 1 is 1.19 bits per heavy atom.